The van der Waals surface area contributed by atoms with Crippen molar-refractivity contribution in [2.75, 3.05) is 5.75 Å². The van der Waals surface area contributed by atoms with Crippen molar-refractivity contribution < 1.29 is 9.15 Å². The molecule has 12 heteroatoms. The van der Waals surface area contributed by atoms with E-state index in [1.807, 2.05) is 30.3 Å². The molecule has 1 atom stereocenters. The van der Waals surface area contributed by atoms with Gasteiger partial charge in [-0.25, -0.2) is 15.0 Å². The van der Waals surface area contributed by atoms with Crippen LogP contribution >= 0.6 is 66.8 Å². The van der Waals surface area contributed by atoms with E-state index in [9.17, 15) is 4.79 Å². The highest BCUT2D eigenvalue weighted by molar-refractivity contribution is 9.10. The van der Waals surface area contributed by atoms with E-state index >= 15 is 0 Å². The molecule has 0 aliphatic carbocycles. The van der Waals surface area contributed by atoms with Gasteiger partial charge in [0.15, 0.2) is 16.5 Å². The molecule has 0 saturated heterocycles. The van der Waals surface area contributed by atoms with Gasteiger partial charge in [-0.3, -0.25) is 4.79 Å². The number of halogens is 4. The number of ether oxygens (including phenoxy) is 1. The zero-order valence-corrected chi connectivity index (χ0v) is 25.3. The molecule has 0 saturated carbocycles. The molecule has 2 aliphatic rings. The maximum atomic E-state index is 12.2. The van der Waals surface area contributed by atoms with Crippen molar-refractivity contribution in [1.29, 1.82) is 0 Å². The number of pyridine rings is 2. The molecule has 0 bridgehead atoms. The summed E-state index contributed by atoms with van der Waals surface area (Å²) in [7, 11) is 0. The third-order valence-electron chi connectivity index (χ3n) is 6.39. The number of rotatable bonds is 0. The van der Waals surface area contributed by atoms with E-state index in [2.05, 4.69) is 41.8 Å². The maximum Gasteiger partial charge on any atom is 0.200 e. The molecule has 7 nitrogen and oxygen atoms in total. The largest absolute Gasteiger partial charge is 0.455 e. The van der Waals surface area contributed by atoms with Crippen LogP contribution in [0.3, 0.4) is 0 Å². The van der Waals surface area contributed by atoms with E-state index in [-0.39, 0.29) is 10.6 Å². The molecule has 7 rings (SSSR count). The number of nitrogens with two attached hydrogens (primary N) is 1. The Morgan fingerprint density at radius 3 is 2.38 bits per heavy atom. The molecule has 0 fully saturated rings. The number of aliphatic imine (C=N–C) groups is 1. The Morgan fingerprint density at radius 1 is 0.872 bits per heavy atom. The van der Waals surface area contributed by atoms with Crippen molar-refractivity contribution in [3.63, 3.8) is 0 Å². The summed E-state index contributed by atoms with van der Waals surface area (Å²) in [5, 5.41) is 2.24. The number of thioether (sulfide) groups is 1. The van der Waals surface area contributed by atoms with E-state index < -0.39 is 5.54 Å². The lowest BCUT2D eigenvalue weighted by atomic mass is 9.79. The van der Waals surface area contributed by atoms with Crippen LogP contribution in [0.1, 0.15) is 17.5 Å². The summed E-state index contributed by atoms with van der Waals surface area (Å²) < 4.78 is 13.4. The van der Waals surface area contributed by atoms with Crippen molar-refractivity contribution in [3.8, 4) is 11.5 Å². The summed E-state index contributed by atoms with van der Waals surface area (Å²) in [5.41, 5.74) is 8.27. The first-order chi connectivity index (χ1) is 18.7. The zero-order chi connectivity index (χ0) is 27.3. The summed E-state index contributed by atoms with van der Waals surface area (Å²) in [6, 6.07) is 14.6. The number of hydrogen-bond acceptors (Lipinski definition) is 8. The van der Waals surface area contributed by atoms with Gasteiger partial charge < -0.3 is 14.9 Å². The van der Waals surface area contributed by atoms with Crippen LogP contribution in [-0.4, -0.2) is 20.9 Å². The maximum absolute atomic E-state index is 12.2. The van der Waals surface area contributed by atoms with E-state index in [1.165, 1.54) is 12.3 Å². The highest BCUT2D eigenvalue weighted by Crippen LogP contribution is 2.53. The van der Waals surface area contributed by atoms with Crippen molar-refractivity contribution in [2.45, 2.75) is 12.0 Å². The van der Waals surface area contributed by atoms with Crippen LogP contribution in [0, 0.1) is 0 Å². The van der Waals surface area contributed by atoms with Crippen LogP contribution in [-0.2, 0) is 5.54 Å². The first-order valence-corrected chi connectivity index (χ1v) is 14.9. The van der Waals surface area contributed by atoms with E-state index in [0.29, 0.717) is 38.0 Å². The second-order valence-electron chi connectivity index (χ2n) is 8.73. The average Bonchev–Trinajstić information content (AvgIpc) is 2.91. The second kappa shape index (κ2) is 10.4. The predicted octanol–water partition coefficient (Wildman–Crippen LogP) is 8.06. The van der Waals surface area contributed by atoms with Gasteiger partial charge in [-0.15, -0.1) is 0 Å². The Kier molecular flexibility index (Phi) is 7.09. The third kappa shape index (κ3) is 4.93. The molecule has 1 spiro atoms. The van der Waals surface area contributed by atoms with Crippen LogP contribution in [0.4, 0.5) is 0 Å². The van der Waals surface area contributed by atoms with Crippen LogP contribution in [0.5, 0.6) is 11.5 Å². The molecule has 2 aliphatic heterocycles. The number of nitrogens with zero attached hydrogens (tertiary/aromatic N) is 3. The lowest BCUT2D eigenvalue weighted by Crippen LogP contribution is -2.35. The SMILES string of the molecule is NC1=NC2(CCS1)c1cc(Br)ccc1Oc1cnc(Cl)cc12.O=c1c2cc(Br)ccc2oc2cnc(Cl)cc12. The van der Waals surface area contributed by atoms with Crippen molar-refractivity contribution in [1.82, 2.24) is 9.97 Å². The quantitative estimate of drug-likeness (QED) is 0.128. The second-order valence-corrected chi connectivity index (χ2v) is 12.5. The molecule has 3 aromatic heterocycles. The number of fused-ring (bicyclic) bond motifs is 6. The fourth-order valence-corrected chi connectivity index (χ4v) is 6.54. The van der Waals surface area contributed by atoms with Crippen molar-refractivity contribution in [3.05, 3.63) is 102 Å². The molecule has 39 heavy (non-hydrogen) atoms. The lowest BCUT2D eigenvalue weighted by molar-refractivity contribution is 0.389. The topological polar surface area (TPSA) is 104 Å². The molecule has 0 radical (unpaired) electrons. The Labute approximate surface area is 253 Å². The van der Waals surface area contributed by atoms with Crippen LogP contribution in [0.2, 0.25) is 10.3 Å². The standard InChI is InChI=1S/C15H11BrClN3OS.C12H5BrClNO2/c16-8-1-2-11-9(5-8)15(3-4-22-14(18)20-15)10-6-13(17)19-7-12(10)21-11;13-6-1-2-9-7(3-6)12(16)8-4-11(14)15-5-10(8)17-9/h1-2,5-7H,3-4H2,(H2,18,20);1-5H. The molecule has 5 heterocycles. The minimum Gasteiger partial charge on any atom is -0.455 e. The molecule has 0 amide bonds. The monoisotopic (exact) mass is 704 g/mol. The van der Waals surface area contributed by atoms with Gasteiger partial charge in [-0.1, -0.05) is 66.8 Å². The van der Waals surface area contributed by atoms with Crippen LogP contribution in [0.15, 0.2) is 84.1 Å². The normalized spacial score (nSPS) is 17.6. The Morgan fingerprint density at radius 2 is 1.56 bits per heavy atom. The summed E-state index contributed by atoms with van der Waals surface area (Å²) in [5.74, 6) is 2.35. The summed E-state index contributed by atoms with van der Waals surface area (Å²) >= 11 is 20.3. The number of amidine groups is 1. The molecule has 196 valence electrons. The molecule has 5 aromatic rings. The molecule has 2 N–H and O–H groups in total. The first kappa shape index (κ1) is 26.6. The molecule has 2 aromatic carbocycles. The van der Waals surface area contributed by atoms with E-state index in [4.69, 9.17) is 43.1 Å². The van der Waals surface area contributed by atoms with Gasteiger partial charge in [0.05, 0.1) is 23.2 Å². The fraction of sp³-hybridized carbons (Fsp3) is 0.111. The minimum atomic E-state index is -0.561. The number of aromatic nitrogens is 2. The highest BCUT2D eigenvalue weighted by atomic mass is 79.9. The zero-order valence-electron chi connectivity index (χ0n) is 19.8. The predicted molar refractivity (Wildman–Crippen MR) is 163 cm³/mol. The third-order valence-corrected chi connectivity index (χ3v) is 8.58. The van der Waals surface area contributed by atoms with E-state index in [1.54, 1.807) is 30.1 Å². The average molecular weight is 707 g/mol. The van der Waals surface area contributed by atoms with Gasteiger partial charge in [0.25, 0.3) is 0 Å². The van der Waals surface area contributed by atoms with Crippen molar-refractivity contribution in [2.24, 2.45) is 10.7 Å². The smallest absolute Gasteiger partial charge is 0.200 e. The van der Waals surface area contributed by atoms with Gasteiger partial charge in [-0.2, -0.15) is 0 Å². The van der Waals surface area contributed by atoms with Gasteiger partial charge >= 0.3 is 0 Å². The molecular formula is C27H16Br2Cl2N4O3S. The lowest BCUT2D eigenvalue weighted by Gasteiger charge is -2.39. The van der Waals surface area contributed by atoms with Crippen LogP contribution < -0.4 is 15.9 Å². The first-order valence-electron chi connectivity index (χ1n) is 11.5. The Hall–Kier alpha value is -2.63. The fourth-order valence-electron chi connectivity index (χ4n) is 4.68. The number of hydrogen-bond donors (Lipinski definition) is 1. The summed E-state index contributed by atoms with van der Waals surface area (Å²) in [4.78, 5) is 25.1. The van der Waals surface area contributed by atoms with Gasteiger partial charge in [0.2, 0.25) is 5.43 Å². The highest BCUT2D eigenvalue weighted by Gasteiger charge is 2.44. The summed E-state index contributed by atoms with van der Waals surface area (Å²) in [6.07, 6.45) is 3.94. The van der Waals surface area contributed by atoms with Gasteiger partial charge in [0.1, 0.15) is 27.2 Å². The summed E-state index contributed by atoms with van der Waals surface area (Å²) in [6.45, 7) is 0. The van der Waals surface area contributed by atoms with Crippen molar-refractivity contribution >= 4 is 93.9 Å². The van der Waals surface area contributed by atoms with Gasteiger partial charge in [0, 0.05) is 25.8 Å². The Bertz CT molecular complexity index is 1770. The van der Waals surface area contributed by atoms with Gasteiger partial charge in [-0.05, 0) is 55.0 Å². The van der Waals surface area contributed by atoms with E-state index in [0.717, 1.165) is 38.0 Å². The molecular weight excluding hydrogens is 691 g/mol. The van der Waals surface area contributed by atoms with Crippen LogP contribution in [0.25, 0.3) is 21.9 Å². The minimum absolute atomic E-state index is 0.105. The molecule has 1 unspecified atom stereocenters. The number of benzene rings is 2. The Balaban J connectivity index is 0.000000147.